The van der Waals surface area contributed by atoms with Crippen LogP contribution in [-0.4, -0.2) is 45.6 Å². The second kappa shape index (κ2) is 9.20. The average molecular weight is 375 g/mol. The van der Waals surface area contributed by atoms with Gasteiger partial charge in [0, 0.05) is 29.9 Å². The fraction of sp³-hybridized carbons (Fsp3) is 0.316. The van der Waals surface area contributed by atoms with Gasteiger partial charge in [-0.1, -0.05) is 23.8 Å². The number of aromatic nitrogens is 2. The van der Waals surface area contributed by atoms with Crippen LogP contribution in [0.2, 0.25) is 5.02 Å². The van der Waals surface area contributed by atoms with Gasteiger partial charge in [-0.2, -0.15) is 5.10 Å². The van der Waals surface area contributed by atoms with E-state index in [1.165, 1.54) is 0 Å². The zero-order chi connectivity index (χ0) is 19.1. The lowest BCUT2D eigenvalue weighted by atomic mass is 10.2. The Kier molecular flexibility index (Phi) is 6.97. The first-order chi connectivity index (χ1) is 12.5. The fourth-order valence-electron chi connectivity index (χ4n) is 2.64. The Bertz CT molecular complexity index is 805. The van der Waals surface area contributed by atoms with Crippen molar-refractivity contribution in [2.24, 2.45) is 0 Å². The van der Waals surface area contributed by atoms with Gasteiger partial charge in [0.15, 0.2) is 0 Å². The summed E-state index contributed by atoms with van der Waals surface area (Å²) < 4.78 is 1.73. The second-order valence-electron chi connectivity index (χ2n) is 5.93. The molecule has 1 N–H and O–H groups in total. The average Bonchev–Trinajstić information content (AvgIpc) is 3.01. The van der Waals surface area contributed by atoms with Crippen LogP contribution in [0.25, 0.3) is 10.9 Å². The predicted molar refractivity (Wildman–Crippen MR) is 104 cm³/mol. The zero-order valence-electron chi connectivity index (χ0n) is 14.8. The smallest absolute Gasteiger partial charge is 0.245 e. The van der Waals surface area contributed by atoms with Crippen molar-refractivity contribution in [1.82, 2.24) is 20.0 Å². The summed E-state index contributed by atoms with van der Waals surface area (Å²) in [6.07, 6.45) is 5.23. The van der Waals surface area contributed by atoms with Crippen LogP contribution in [0, 0.1) is 0 Å². The van der Waals surface area contributed by atoms with Crippen molar-refractivity contribution in [1.29, 1.82) is 0 Å². The topological polar surface area (TPSA) is 67.2 Å². The number of hydrogen-bond acceptors (Lipinski definition) is 3. The van der Waals surface area contributed by atoms with Crippen molar-refractivity contribution < 1.29 is 9.59 Å². The molecule has 0 spiro atoms. The minimum atomic E-state index is -0.619. The number of nitrogens with zero attached hydrogens (tertiary/aromatic N) is 3. The minimum Gasteiger partial charge on any atom is -0.345 e. The fourth-order valence-corrected chi connectivity index (χ4v) is 2.81. The summed E-state index contributed by atoms with van der Waals surface area (Å²) >= 11 is 6.02. The largest absolute Gasteiger partial charge is 0.345 e. The van der Waals surface area contributed by atoms with E-state index in [9.17, 15) is 9.59 Å². The summed E-state index contributed by atoms with van der Waals surface area (Å²) in [7, 11) is 0. The van der Waals surface area contributed by atoms with Gasteiger partial charge in [-0.25, -0.2) is 0 Å². The Balaban J connectivity index is 1.93. The third-order valence-electron chi connectivity index (χ3n) is 3.92. The third-order valence-corrected chi connectivity index (χ3v) is 4.15. The number of halogens is 1. The Hall–Kier alpha value is -2.60. The maximum Gasteiger partial charge on any atom is 0.245 e. The number of amides is 2. The summed E-state index contributed by atoms with van der Waals surface area (Å²) in [5.41, 5.74) is 0.873. The van der Waals surface area contributed by atoms with E-state index in [1.807, 2.05) is 12.1 Å². The highest BCUT2D eigenvalue weighted by atomic mass is 35.5. The summed E-state index contributed by atoms with van der Waals surface area (Å²) in [5, 5.41) is 8.59. The van der Waals surface area contributed by atoms with Gasteiger partial charge in [-0.05, 0) is 25.1 Å². The van der Waals surface area contributed by atoms with Crippen molar-refractivity contribution in [2.45, 2.75) is 25.9 Å². The molecular formula is C19H23ClN4O2. The van der Waals surface area contributed by atoms with Gasteiger partial charge in [0.05, 0.1) is 18.3 Å². The highest BCUT2D eigenvalue weighted by Crippen LogP contribution is 2.19. The predicted octanol–water partition coefficient (Wildman–Crippen LogP) is 2.79. The lowest BCUT2D eigenvalue weighted by Crippen LogP contribution is -2.47. The molecule has 2 aromatic rings. The van der Waals surface area contributed by atoms with Crippen LogP contribution < -0.4 is 5.32 Å². The monoisotopic (exact) mass is 374 g/mol. The van der Waals surface area contributed by atoms with Gasteiger partial charge in [0.2, 0.25) is 11.8 Å². The molecule has 26 heavy (non-hydrogen) atoms. The van der Waals surface area contributed by atoms with Gasteiger partial charge >= 0.3 is 0 Å². The molecule has 0 saturated carbocycles. The van der Waals surface area contributed by atoms with E-state index in [0.717, 1.165) is 10.9 Å². The number of fused-ring (bicyclic) bond motifs is 1. The molecular weight excluding hydrogens is 352 g/mol. The molecule has 1 atom stereocenters. The molecule has 6 nitrogen and oxygen atoms in total. The number of aryl methyl sites for hydroxylation is 1. The Morgan fingerprint density at radius 2 is 2.04 bits per heavy atom. The van der Waals surface area contributed by atoms with E-state index < -0.39 is 6.04 Å². The number of benzene rings is 1. The normalized spacial score (nSPS) is 11.8. The summed E-state index contributed by atoms with van der Waals surface area (Å²) in [4.78, 5) is 26.2. The van der Waals surface area contributed by atoms with Crippen molar-refractivity contribution in [2.75, 3.05) is 13.1 Å². The molecule has 0 radical (unpaired) electrons. The maximum absolute atomic E-state index is 12.4. The Morgan fingerprint density at radius 3 is 2.69 bits per heavy atom. The van der Waals surface area contributed by atoms with Gasteiger partial charge in [0.1, 0.15) is 6.04 Å². The molecule has 0 bridgehead atoms. The standard InChI is InChI=1S/C19H23ClN4O2/c1-4-9-23(10-5-2)19(26)14(3)22-18(25)8-11-24-17-12-16(20)7-6-15(17)13-21-24/h4-7,12-14H,1-2,8-11H2,3H3,(H,22,25). The molecule has 7 heteroatoms. The van der Waals surface area contributed by atoms with Crippen LogP contribution in [0.15, 0.2) is 49.7 Å². The van der Waals surface area contributed by atoms with Crippen molar-refractivity contribution in [3.8, 4) is 0 Å². The molecule has 1 heterocycles. The van der Waals surface area contributed by atoms with Crippen molar-refractivity contribution in [3.05, 3.63) is 54.7 Å². The lowest BCUT2D eigenvalue weighted by molar-refractivity contribution is -0.135. The molecule has 0 aliphatic heterocycles. The molecule has 0 aliphatic carbocycles. The van der Waals surface area contributed by atoms with Crippen LogP contribution in [-0.2, 0) is 16.1 Å². The van der Waals surface area contributed by atoms with Crippen molar-refractivity contribution >= 4 is 34.3 Å². The number of rotatable bonds is 9. The van der Waals surface area contributed by atoms with E-state index in [0.29, 0.717) is 24.7 Å². The SMILES string of the molecule is C=CCN(CC=C)C(=O)C(C)NC(=O)CCn1ncc2ccc(Cl)cc21. The Labute approximate surface area is 158 Å². The lowest BCUT2D eigenvalue weighted by Gasteiger charge is -2.23. The van der Waals surface area contributed by atoms with Crippen LogP contribution in [0.3, 0.4) is 0 Å². The number of carbonyl (C=O) groups is 2. The molecule has 0 saturated heterocycles. The minimum absolute atomic E-state index is 0.172. The van der Waals surface area contributed by atoms with Gasteiger partial charge in [-0.15, -0.1) is 13.2 Å². The van der Waals surface area contributed by atoms with Gasteiger partial charge in [0.25, 0.3) is 0 Å². The van der Waals surface area contributed by atoms with E-state index >= 15 is 0 Å². The second-order valence-corrected chi connectivity index (χ2v) is 6.37. The van der Waals surface area contributed by atoms with Crippen molar-refractivity contribution in [3.63, 3.8) is 0 Å². The molecule has 1 aromatic heterocycles. The van der Waals surface area contributed by atoms with Gasteiger partial charge in [-0.3, -0.25) is 14.3 Å². The third kappa shape index (κ3) is 4.95. The first-order valence-electron chi connectivity index (χ1n) is 8.37. The first-order valence-corrected chi connectivity index (χ1v) is 8.75. The molecule has 1 aromatic carbocycles. The molecule has 1 unspecified atom stereocenters. The molecule has 0 aliphatic rings. The summed E-state index contributed by atoms with van der Waals surface area (Å²) in [6, 6.07) is 4.88. The summed E-state index contributed by atoms with van der Waals surface area (Å²) in [6.45, 7) is 10.2. The number of hydrogen-bond donors (Lipinski definition) is 1. The molecule has 138 valence electrons. The van der Waals surface area contributed by atoms with Crippen LogP contribution in [0.1, 0.15) is 13.3 Å². The van der Waals surface area contributed by atoms with Crippen LogP contribution in [0.4, 0.5) is 0 Å². The summed E-state index contributed by atoms with van der Waals surface area (Å²) in [5.74, 6) is -0.386. The molecule has 0 fully saturated rings. The quantitative estimate of drug-likeness (QED) is 0.686. The number of nitrogens with one attached hydrogen (secondary N) is 1. The van der Waals surface area contributed by atoms with E-state index in [2.05, 4.69) is 23.6 Å². The van der Waals surface area contributed by atoms with Crippen LogP contribution >= 0.6 is 11.6 Å². The van der Waals surface area contributed by atoms with Crippen LogP contribution in [0.5, 0.6) is 0 Å². The van der Waals surface area contributed by atoms with E-state index in [1.54, 1.807) is 40.9 Å². The maximum atomic E-state index is 12.4. The van der Waals surface area contributed by atoms with E-state index in [4.69, 9.17) is 11.6 Å². The van der Waals surface area contributed by atoms with Gasteiger partial charge < -0.3 is 10.2 Å². The Morgan fingerprint density at radius 1 is 1.35 bits per heavy atom. The van der Waals surface area contributed by atoms with E-state index in [-0.39, 0.29) is 18.2 Å². The first kappa shape index (κ1) is 19.7. The number of carbonyl (C=O) groups excluding carboxylic acids is 2. The highest BCUT2D eigenvalue weighted by Gasteiger charge is 2.20. The molecule has 2 amide bonds. The molecule has 2 rings (SSSR count). The zero-order valence-corrected chi connectivity index (χ0v) is 15.6. The highest BCUT2D eigenvalue weighted by molar-refractivity contribution is 6.31.